The highest BCUT2D eigenvalue weighted by atomic mass is 19.1. The van der Waals surface area contributed by atoms with Crippen molar-refractivity contribution >= 4 is 0 Å². The van der Waals surface area contributed by atoms with Gasteiger partial charge in [0.25, 0.3) is 0 Å². The van der Waals surface area contributed by atoms with E-state index in [0.29, 0.717) is 5.92 Å². The molecule has 2 rings (SSSR count). The smallest absolute Gasteiger partial charge is 0.137 e. The van der Waals surface area contributed by atoms with Gasteiger partial charge in [-0.2, -0.15) is 0 Å². The van der Waals surface area contributed by atoms with Crippen LogP contribution in [0.1, 0.15) is 31.2 Å². The molecule has 0 aliphatic carbocycles. The van der Waals surface area contributed by atoms with Crippen molar-refractivity contribution in [3.05, 3.63) is 41.5 Å². The SMILES string of the molecule is CNCc1[nH]c(-c2cccc(F)c2)nc1C(C)C. The van der Waals surface area contributed by atoms with Crippen molar-refractivity contribution in [2.24, 2.45) is 0 Å². The monoisotopic (exact) mass is 247 g/mol. The first-order valence-electron chi connectivity index (χ1n) is 6.11. The summed E-state index contributed by atoms with van der Waals surface area (Å²) in [7, 11) is 1.90. The Bertz CT molecular complexity index is 532. The van der Waals surface area contributed by atoms with E-state index in [2.05, 4.69) is 29.1 Å². The lowest BCUT2D eigenvalue weighted by molar-refractivity contribution is 0.628. The molecule has 0 atom stereocenters. The maximum atomic E-state index is 13.2. The van der Waals surface area contributed by atoms with E-state index in [9.17, 15) is 4.39 Å². The average molecular weight is 247 g/mol. The van der Waals surface area contributed by atoms with Crippen molar-refractivity contribution in [1.82, 2.24) is 15.3 Å². The number of H-pyrrole nitrogens is 1. The Kier molecular flexibility index (Phi) is 3.77. The minimum Gasteiger partial charge on any atom is -0.341 e. The molecule has 18 heavy (non-hydrogen) atoms. The maximum absolute atomic E-state index is 13.2. The molecule has 0 spiro atoms. The van der Waals surface area contributed by atoms with E-state index in [1.807, 2.05) is 13.1 Å². The van der Waals surface area contributed by atoms with Gasteiger partial charge in [-0.05, 0) is 25.1 Å². The van der Waals surface area contributed by atoms with Gasteiger partial charge >= 0.3 is 0 Å². The van der Waals surface area contributed by atoms with E-state index in [1.165, 1.54) is 12.1 Å². The fraction of sp³-hybridized carbons (Fsp3) is 0.357. The van der Waals surface area contributed by atoms with E-state index >= 15 is 0 Å². The van der Waals surface area contributed by atoms with Crippen molar-refractivity contribution in [2.45, 2.75) is 26.3 Å². The average Bonchev–Trinajstić information content (AvgIpc) is 2.74. The van der Waals surface area contributed by atoms with Crippen LogP contribution in [0.15, 0.2) is 24.3 Å². The van der Waals surface area contributed by atoms with Gasteiger partial charge in [0.1, 0.15) is 11.6 Å². The number of rotatable bonds is 4. The molecule has 1 aromatic heterocycles. The second-order valence-electron chi connectivity index (χ2n) is 4.64. The van der Waals surface area contributed by atoms with Crippen LogP contribution >= 0.6 is 0 Å². The third-order valence-electron chi connectivity index (χ3n) is 2.81. The normalized spacial score (nSPS) is 11.2. The van der Waals surface area contributed by atoms with Crippen LogP contribution in [0.5, 0.6) is 0 Å². The first kappa shape index (κ1) is 12.8. The van der Waals surface area contributed by atoms with E-state index in [4.69, 9.17) is 0 Å². The van der Waals surface area contributed by atoms with E-state index in [0.717, 1.165) is 29.3 Å². The number of nitrogens with one attached hydrogen (secondary N) is 2. The molecule has 2 N–H and O–H groups in total. The zero-order valence-electron chi connectivity index (χ0n) is 10.9. The molecule has 0 saturated heterocycles. The van der Waals surface area contributed by atoms with Crippen LogP contribution in [-0.2, 0) is 6.54 Å². The van der Waals surface area contributed by atoms with Gasteiger partial charge in [-0.1, -0.05) is 26.0 Å². The lowest BCUT2D eigenvalue weighted by Gasteiger charge is -2.03. The molecule has 1 aromatic carbocycles. The topological polar surface area (TPSA) is 40.7 Å². The third-order valence-corrected chi connectivity index (χ3v) is 2.81. The van der Waals surface area contributed by atoms with Gasteiger partial charge in [0.2, 0.25) is 0 Å². The zero-order valence-corrected chi connectivity index (χ0v) is 10.9. The molecule has 0 aliphatic rings. The molecule has 0 unspecified atom stereocenters. The van der Waals surface area contributed by atoms with Gasteiger partial charge < -0.3 is 10.3 Å². The number of imidazole rings is 1. The molecule has 0 bridgehead atoms. The highest BCUT2D eigenvalue weighted by Crippen LogP contribution is 2.23. The van der Waals surface area contributed by atoms with Gasteiger partial charge in [-0.25, -0.2) is 9.37 Å². The largest absolute Gasteiger partial charge is 0.341 e. The molecule has 0 radical (unpaired) electrons. The summed E-state index contributed by atoms with van der Waals surface area (Å²) in [6.07, 6.45) is 0. The number of hydrogen-bond acceptors (Lipinski definition) is 2. The van der Waals surface area contributed by atoms with Gasteiger partial charge in [-0.3, -0.25) is 0 Å². The quantitative estimate of drug-likeness (QED) is 0.871. The maximum Gasteiger partial charge on any atom is 0.137 e. The summed E-state index contributed by atoms with van der Waals surface area (Å²) in [5, 5.41) is 3.11. The van der Waals surface area contributed by atoms with Gasteiger partial charge in [-0.15, -0.1) is 0 Å². The van der Waals surface area contributed by atoms with Crippen molar-refractivity contribution in [3.8, 4) is 11.4 Å². The van der Waals surface area contributed by atoms with Gasteiger partial charge in [0.15, 0.2) is 0 Å². The minimum atomic E-state index is -0.245. The minimum absolute atomic E-state index is 0.245. The molecule has 96 valence electrons. The highest BCUT2D eigenvalue weighted by Gasteiger charge is 2.14. The van der Waals surface area contributed by atoms with Crippen LogP contribution in [-0.4, -0.2) is 17.0 Å². The van der Waals surface area contributed by atoms with Crippen molar-refractivity contribution in [2.75, 3.05) is 7.05 Å². The van der Waals surface area contributed by atoms with Crippen LogP contribution in [0.4, 0.5) is 4.39 Å². The van der Waals surface area contributed by atoms with Gasteiger partial charge in [0, 0.05) is 12.1 Å². The van der Waals surface area contributed by atoms with Crippen LogP contribution < -0.4 is 5.32 Å². The lowest BCUT2D eigenvalue weighted by atomic mass is 10.1. The highest BCUT2D eigenvalue weighted by molar-refractivity contribution is 5.56. The zero-order chi connectivity index (χ0) is 13.1. The molecular formula is C14H18FN3. The summed E-state index contributed by atoms with van der Waals surface area (Å²) >= 11 is 0. The third kappa shape index (κ3) is 2.59. The lowest BCUT2D eigenvalue weighted by Crippen LogP contribution is -2.08. The predicted molar refractivity (Wildman–Crippen MR) is 70.8 cm³/mol. The summed E-state index contributed by atoms with van der Waals surface area (Å²) in [6, 6.07) is 6.48. The summed E-state index contributed by atoms with van der Waals surface area (Å²) in [5.74, 6) is 0.820. The van der Waals surface area contributed by atoms with Crippen LogP contribution in [0.3, 0.4) is 0 Å². The van der Waals surface area contributed by atoms with Crippen molar-refractivity contribution in [1.29, 1.82) is 0 Å². The molecule has 0 amide bonds. The Balaban J connectivity index is 2.43. The van der Waals surface area contributed by atoms with Crippen LogP contribution in [0.2, 0.25) is 0 Å². The van der Waals surface area contributed by atoms with E-state index in [1.54, 1.807) is 6.07 Å². The first-order chi connectivity index (χ1) is 8.61. The second-order valence-corrected chi connectivity index (χ2v) is 4.64. The Morgan fingerprint density at radius 1 is 1.39 bits per heavy atom. The van der Waals surface area contributed by atoms with E-state index in [-0.39, 0.29) is 5.82 Å². The number of benzene rings is 1. The summed E-state index contributed by atoms with van der Waals surface area (Å²) < 4.78 is 13.2. The molecule has 1 heterocycles. The van der Waals surface area contributed by atoms with E-state index < -0.39 is 0 Å². The fourth-order valence-electron chi connectivity index (χ4n) is 1.98. The Hall–Kier alpha value is -1.68. The van der Waals surface area contributed by atoms with Gasteiger partial charge in [0.05, 0.1) is 11.4 Å². The molecule has 0 fully saturated rings. The predicted octanol–water partition coefficient (Wildman–Crippen LogP) is 3.06. The van der Waals surface area contributed by atoms with Crippen LogP contribution in [0, 0.1) is 5.82 Å². The number of halogens is 1. The second kappa shape index (κ2) is 5.31. The number of aromatic nitrogens is 2. The molecule has 0 aliphatic heterocycles. The number of hydrogen-bond donors (Lipinski definition) is 2. The molecule has 4 heteroatoms. The molecule has 2 aromatic rings. The fourth-order valence-corrected chi connectivity index (χ4v) is 1.98. The van der Waals surface area contributed by atoms with Crippen molar-refractivity contribution in [3.63, 3.8) is 0 Å². The number of aromatic amines is 1. The van der Waals surface area contributed by atoms with Crippen LogP contribution in [0.25, 0.3) is 11.4 Å². The van der Waals surface area contributed by atoms with Crippen molar-refractivity contribution < 1.29 is 4.39 Å². The molecule has 3 nitrogen and oxygen atoms in total. The summed E-state index contributed by atoms with van der Waals surface area (Å²) in [4.78, 5) is 7.84. The Morgan fingerprint density at radius 3 is 2.78 bits per heavy atom. The Labute approximate surface area is 106 Å². The summed E-state index contributed by atoms with van der Waals surface area (Å²) in [5.41, 5.74) is 2.87. The molecular weight excluding hydrogens is 229 g/mol. The number of nitrogens with zero attached hydrogens (tertiary/aromatic N) is 1. The summed E-state index contributed by atoms with van der Waals surface area (Å²) in [6.45, 7) is 4.94. The standard InChI is InChI=1S/C14H18FN3/c1-9(2)13-12(8-16-3)17-14(18-13)10-5-4-6-11(15)7-10/h4-7,9,16H,8H2,1-3H3,(H,17,18). The first-order valence-corrected chi connectivity index (χ1v) is 6.11. The Morgan fingerprint density at radius 2 is 2.17 bits per heavy atom. The molecule has 0 saturated carbocycles.